The molecule has 5 nitrogen and oxygen atoms in total. The summed E-state index contributed by atoms with van der Waals surface area (Å²) in [5.41, 5.74) is 1.04. The molecule has 0 aliphatic heterocycles. The second kappa shape index (κ2) is 5.97. The van der Waals surface area contributed by atoms with Gasteiger partial charge in [-0.3, -0.25) is 4.79 Å². The van der Waals surface area contributed by atoms with E-state index in [4.69, 9.17) is 4.74 Å². The third-order valence-corrected chi connectivity index (χ3v) is 2.84. The fourth-order valence-corrected chi connectivity index (χ4v) is 1.73. The molecule has 0 aliphatic carbocycles. The molecule has 0 atom stereocenters. The predicted molar refractivity (Wildman–Crippen MR) is 73.9 cm³/mol. The van der Waals surface area contributed by atoms with Crippen molar-refractivity contribution in [1.29, 1.82) is 0 Å². The number of hydrogen-bond acceptors (Lipinski definition) is 4. The van der Waals surface area contributed by atoms with E-state index in [-0.39, 0.29) is 17.1 Å². The van der Waals surface area contributed by atoms with Gasteiger partial charge in [0.25, 0.3) is 5.91 Å². The van der Waals surface area contributed by atoms with E-state index >= 15 is 0 Å². The van der Waals surface area contributed by atoms with Crippen LogP contribution in [0.4, 0.5) is 0 Å². The molecule has 5 heteroatoms. The SMILES string of the molecule is COc1ccc(CNC(=O)c2ccc(O)cc2O)cc1. The van der Waals surface area contributed by atoms with E-state index in [9.17, 15) is 15.0 Å². The zero-order chi connectivity index (χ0) is 14.5. The van der Waals surface area contributed by atoms with Crippen LogP contribution >= 0.6 is 0 Å². The molecule has 20 heavy (non-hydrogen) atoms. The molecule has 0 saturated heterocycles. The van der Waals surface area contributed by atoms with Gasteiger partial charge >= 0.3 is 0 Å². The first kappa shape index (κ1) is 13.7. The lowest BCUT2D eigenvalue weighted by Gasteiger charge is -2.08. The third kappa shape index (κ3) is 3.20. The lowest BCUT2D eigenvalue weighted by molar-refractivity contribution is 0.0948. The highest BCUT2D eigenvalue weighted by Crippen LogP contribution is 2.22. The predicted octanol–water partition coefficient (Wildman–Crippen LogP) is 2.04. The number of phenolic OH excluding ortho intramolecular Hbond substituents is 2. The summed E-state index contributed by atoms with van der Waals surface area (Å²) in [6.07, 6.45) is 0. The van der Waals surface area contributed by atoms with Crippen molar-refractivity contribution in [1.82, 2.24) is 5.32 Å². The Morgan fingerprint density at radius 1 is 1.15 bits per heavy atom. The Morgan fingerprint density at radius 3 is 2.45 bits per heavy atom. The minimum absolute atomic E-state index is 0.0887. The van der Waals surface area contributed by atoms with E-state index in [1.807, 2.05) is 12.1 Å². The highest BCUT2D eigenvalue weighted by molar-refractivity contribution is 5.96. The Bertz CT molecular complexity index is 608. The topological polar surface area (TPSA) is 78.8 Å². The molecule has 1 amide bonds. The van der Waals surface area contributed by atoms with Crippen molar-refractivity contribution in [2.75, 3.05) is 7.11 Å². The van der Waals surface area contributed by atoms with Gasteiger partial charge in [-0.25, -0.2) is 0 Å². The van der Waals surface area contributed by atoms with Gasteiger partial charge in [0.15, 0.2) is 0 Å². The van der Waals surface area contributed by atoms with Crippen molar-refractivity contribution in [3.05, 3.63) is 53.6 Å². The maximum atomic E-state index is 11.9. The van der Waals surface area contributed by atoms with Gasteiger partial charge in [0.1, 0.15) is 17.2 Å². The van der Waals surface area contributed by atoms with Gasteiger partial charge in [-0.15, -0.1) is 0 Å². The number of benzene rings is 2. The van der Waals surface area contributed by atoms with Crippen LogP contribution < -0.4 is 10.1 Å². The van der Waals surface area contributed by atoms with Crippen molar-refractivity contribution in [3.63, 3.8) is 0 Å². The Hall–Kier alpha value is -2.69. The highest BCUT2D eigenvalue weighted by atomic mass is 16.5. The van der Waals surface area contributed by atoms with Gasteiger partial charge in [0.05, 0.1) is 12.7 Å². The molecule has 0 fully saturated rings. The molecule has 0 aliphatic rings. The van der Waals surface area contributed by atoms with E-state index < -0.39 is 5.91 Å². The van der Waals surface area contributed by atoms with Gasteiger partial charge < -0.3 is 20.3 Å². The minimum atomic E-state index is -0.404. The second-order valence-corrected chi connectivity index (χ2v) is 4.23. The Kier molecular flexibility index (Phi) is 4.10. The van der Waals surface area contributed by atoms with Crippen LogP contribution in [-0.2, 0) is 6.54 Å². The van der Waals surface area contributed by atoms with E-state index in [0.717, 1.165) is 17.4 Å². The Morgan fingerprint density at radius 2 is 1.85 bits per heavy atom. The monoisotopic (exact) mass is 273 g/mol. The van der Waals surface area contributed by atoms with Crippen molar-refractivity contribution >= 4 is 5.91 Å². The van der Waals surface area contributed by atoms with Crippen LogP contribution in [0.25, 0.3) is 0 Å². The van der Waals surface area contributed by atoms with Crippen molar-refractivity contribution in [3.8, 4) is 17.2 Å². The standard InChI is InChI=1S/C15H15NO4/c1-20-12-5-2-10(3-6-12)9-16-15(19)13-7-4-11(17)8-14(13)18/h2-8,17-18H,9H2,1H3,(H,16,19). The molecule has 0 saturated carbocycles. The van der Waals surface area contributed by atoms with Crippen LogP contribution in [0, 0.1) is 0 Å². The number of nitrogens with one attached hydrogen (secondary N) is 1. The van der Waals surface area contributed by atoms with Crippen LogP contribution in [0.5, 0.6) is 17.2 Å². The molecule has 2 rings (SSSR count). The van der Waals surface area contributed by atoms with E-state index in [1.54, 1.807) is 19.2 Å². The first-order chi connectivity index (χ1) is 9.60. The number of methoxy groups -OCH3 is 1. The maximum Gasteiger partial charge on any atom is 0.255 e. The average Bonchev–Trinajstić information content (AvgIpc) is 2.45. The number of phenols is 2. The van der Waals surface area contributed by atoms with Crippen LogP contribution in [0.1, 0.15) is 15.9 Å². The summed E-state index contributed by atoms with van der Waals surface area (Å²) in [7, 11) is 1.59. The molecule has 3 N–H and O–H groups in total. The van der Waals surface area contributed by atoms with E-state index in [1.165, 1.54) is 12.1 Å². The number of carbonyl (C=O) groups excluding carboxylic acids is 1. The molecule has 0 unspecified atom stereocenters. The fourth-order valence-electron chi connectivity index (χ4n) is 1.73. The summed E-state index contributed by atoms with van der Waals surface area (Å²) >= 11 is 0. The summed E-state index contributed by atoms with van der Waals surface area (Å²) in [4.78, 5) is 11.9. The Balaban J connectivity index is 2.00. The van der Waals surface area contributed by atoms with Gasteiger partial charge in [-0.2, -0.15) is 0 Å². The summed E-state index contributed by atoms with van der Waals surface area (Å²) < 4.78 is 5.05. The highest BCUT2D eigenvalue weighted by Gasteiger charge is 2.11. The largest absolute Gasteiger partial charge is 0.508 e. The molecular formula is C15H15NO4. The minimum Gasteiger partial charge on any atom is -0.508 e. The number of carbonyl (C=O) groups is 1. The Labute approximate surface area is 116 Å². The zero-order valence-corrected chi connectivity index (χ0v) is 11.0. The summed E-state index contributed by atoms with van der Waals surface area (Å²) in [6.45, 7) is 0.336. The van der Waals surface area contributed by atoms with Crippen LogP contribution in [0.15, 0.2) is 42.5 Å². The lowest BCUT2D eigenvalue weighted by atomic mass is 10.1. The second-order valence-electron chi connectivity index (χ2n) is 4.23. The van der Waals surface area contributed by atoms with Crippen molar-refractivity contribution < 1.29 is 19.7 Å². The van der Waals surface area contributed by atoms with Crippen molar-refractivity contribution in [2.45, 2.75) is 6.54 Å². The van der Waals surface area contributed by atoms with E-state index in [2.05, 4.69) is 5.32 Å². The average molecular weight is 273 g/mol. The fraction of sp³-hybridized carbons (Fsp3) is 0.133. The van der Waals surface area contributed by atoms with Crippen LogP contribution in [-0.4, -0.2) is 23.2 Å². The molecule has 0 radical (unpaired) electrons. The van der Waals surface area contributed by atoms with E-state index in [0.29, 0.717) is 6.54 Å². The van der Waals surface area contributed by atoms with Crippen molar-refractivity contribution in [2.24, 2.45) is 0 Å². The number of ether oxygens (including phenoxy) is 1. The summed E-state index contributed by atoms with van der Waals surface area (Å²) in [5, 5.41) is 21.5. The zero-order valence-electron chi connectivity index (χ0n) is 11.0. The molecule has 0 heterocycles. The van der Waals surface area contributed by atoms with Gasteiger partial charge in [0.2, 0.25) is 0 Å². The molecule has 2 aromatic rings. The number of amides is 1. The summed E-state index contributed by atoms with van der Waals surface area (Å²) in [6, 6.07) is 11.1. The molecule has 0 bridgehead atoms. The van der Waals surface area contributed by atoms with Gasteiger partial charge in [0, 0.05) is 12.6 Å². The number of rotatable bonds is 4. The first-order valence-corrected chi connectivity index (χ1v) is 6.03. The quantitative estimate of drug-likeness (QED) is 0.796. The molecule has 2 aromatic carbocycles. The molecule has 104 valence electrons. The molecular weight excluding hydrogens is 258 g/mol. The maximum absolute atomic E-state index is 11.9. The molecule has 0 aromatic heterocycles. The smallest absolute Gasteiger partial charge is 0.255 e. The lowest BCUT2D eigenvalue weighted by Crippen LogP contribution is -2.22. The first-order valence-electron chi connectivity index (χ1n) is 6.03. The third-order valence-electron chi connectivity index (χ3n) is 2.84. The normalized spacial score (nSPS) is 10.1. The summed E-state index contributed by atoms with van der Waals surface area (Å²) in [5.74, 6) is 0.000934. The van der Waals surface area contributed by atoms with Gasteiger partial charge in [-0.1, -0.05) is 12.1 Å². The van der Waals surface area contributed by atoms with Crippen LogP contribution in [0.3, 0.4) is 0 Å². The van der Waals surface area contributed by atoms with Gasteiger partial charge in [-0.05, 0) is 29.8 Å². The number of hydrogen-bond donors (Lipinski definition) is 3. The number of aromatic hydroxyl groups is 2. The van der Waals surface area contributed by atoms with Crippen LogP contribution in [0.2, 0.25) is 0 Å². The molecule has 0 spiro atoms.